The van der Waals surface area contributed by atoms with Crippen LogP contribution in [-0.2, 0) is 12.8 Å². The van der Waals surface area contributed by atoms with Gasteiger partial charge in [0.25, 0.3) is 11.8 Å². The Bertz CT molecular complexity index is 1070. The van der Waals surface area contributed by atoms with Gasteiger partial charge in [0.1, 0.15) is 10.7 Å². The third-order valence-corrected chi connectivity index (χ3v) is 6.08. The number of hydrogen-bond acceptors (Lipinski definition) is 5. The molecule has 0 bridgehead atoms. The summed E-state index contributed by atoms with van der Waals surface area (Å²) in [6, 6.07) is 3.59. The first kappa shape index (κ1) is 17.5. The first-order valence-corrected chi connectivity index (χ1v) is 9.60. The number of carbonyl (C=O) groups excluding carboxylic acids is 2. The quantitative estimate of drug-likeness (QED) is 0.722. The van der Waals surface area contributed by atoms with Crippen molar-refractivity contribution in [3.8, 4) is 5.75 Å². The van der Waals surface area contributed by atoms with Gasteiger partial charge < -0.3 is 15.8 Å². The second-order valence-electron chi connectivity index (χ2n) is 6.55. The Hall–Kier alpha value is -2.87. The Morgan fingerprint density at radius 1 is 1.33 bits per heavy atom. The van der Waals surface area contributed by atoms with Gasteiger partial charge in [-0.1, -0.05) is 0 Å². The highest BCUT2D eigenvalue weighted by Crippen LogP contribution is 2.38. The molecule has 3 N–H and O–H groups in total. The third kappa shape index (κ3) is 2.86. The van der Waals surface area contributed by atoms with Crippen LogP contribution in [0.5, 0.6) is 5.75 Å². The lowest BCUT2D eigenvalue weighted by molar-refractivity contribution is 0.100. The maximum atomic E-state index is 13.0. The van der Waals surface area contributed by atoms with Crippen molar-refractivity contribution in [1.82, 2.24) is 9.38 Å². The molecule has 0 aromatic carbocycles. The summed E-state index contributed by atoms with van der Waals surface area (Å²) in [7, 11) is 1.56. The molecule has 8 heteroatoms. The summed E-state index contributed by atoms with van der Waals surface area (Å²) in [6.45, 7) is 1.77. The van der Waals surface area contributed by atoms with E-state index in [1.54, 1.807) is 36.8 Å². The fraction of sp³-hybridized carbons (Fsp3) is 0.316. The van der Waals surface area contributed by atoms with E-state index in [1.807, 2.05) is 0 Å². The van der Waals surface area contributed by atoms with Crippen molar-refractivity contribution >= 4 is 33.8 Å². The monoisotopic (exact) mass is 384 g/mol. The average molecular weight is 384 g/mol. The molecule has 0 unspecified atom stereocenters. The van der Waals surface area contributed by atoms with E-state index in [4.69, 9.17) is 10.5 Å². The lowest BCUT2D eigenvalue weighted by Crippen LogP contribution is -2.20. The maximum absolute atomic E-state index is 13.0. The van der Waals surface area contributed by atoms with E-state index in [0.29, 0.717) is 33.3 Å². The molecular formula is C19H20N4O3S. The highest BCUT2D eigenvalue weighted by molar-refractivity contribution is 7.17. The van der Waals surface area contributed by atoms with E-state index >= 15 is 0 Å². The zero-order chi connectivity index (χ0) is 19.1. The standard InChI is InChI=1S/C19H20N4O3S/c1-10-15(23-9-5-7-12(26-2)17(23)21-10)18(25)22-19-14(16(20)24)11-6-3-4-8-13(11)27-19/h5,7,9H,3-4,6,8H2,1-2H3,(H2,20,24)(H,22,25). The Labute approximate surface area is 160 Å². The number of fused-ring (bicyclic) bond motifs is 2. The Kier molecular flexibility index (Phi) is 4.35. The minimum absolute atomic E-state index is 0.325. The van der Waals surface area contributed by atoms with Crippen LogP contribution in [0.2, 0.25) is 0 Å². The molecule has 0 fully saturated rings. The number of carbonyl (C=O) groups is 2. The molecule has 0 spiro atoms. The first-order valence-electron chi connectivity index (χ1n) is 8.78. The Morgan fingerprint density at radius 3 is 2.85 bits per heavy atom. The predicted octanol–water partition coefficient (Wildman–Crippen LogP) is 2.94. The molecule has 1 aliphatic rings. The van der Waals surface area contributed by atoms with Gasteiger partial charge in [0.15, 0.2) is 11.4 Å². The van der Waals surface area contributed by atoms with Crippen molar-refractivity contribution in [2.45, 2.75) is 32.6 Å². The van der Waals surface area contributed by atoms with Gasteiger partial charge in [0.05, 0.1) is 18.4 Å². The second-order valence-corrected chi connectivity index (χ2v) is 7.65. The van der Waals surface area contributed by atoms with E-state index in [9.17, 15) is 9.59 Å². The number of rotatable bonds is 4. The number of thiophene rings is 1. The number of nitrogens with one attached hydrogen (secondary N) is 1. The van der Waals surface area contributed by atoms with Crippen molar-refractivity contribution in [2.24, 2.45) is 5.73 Å². The minimum atomic E-state index is -0.499. The van der Waals surface area contributed by atoms with Gasteiger partial charge in [-0.3, -0.25) is 14.0 Å². The van der Waals surface area contributed by atoms with Gasteiger partial charge in [-0.05, 0) is 50.3 Å². The van der Waals surface area contributed by atoms with Gasteiger partial charge in [0.2, 0.25) is 0 Å². The van der Waals surface area contributed by atoms with E-state index in [0.717, 1.165) is 36.1 Å². The first-order chi connectivity index (χ1) is 13.0. The molecule has 0 saturated heterocycles. The fourth-order valence-electron chi connectivity index (χ4n) is 3.67. The molecule has 7 nitrogen and oxygen atoms in total. The molecule has 27 heavy (non-hydrogen) atoms. The van der Waals surface area contributed by atoms with E-state index < -0.39 is 5.91 Å². The number of aromatic nitrogens is 2. The number of aryl methyl sites for hydroxylation is 2. The molecule has 1 aliphatic carbocycles. The maximum Gasteiger partial charge on any atom is 0.275 e. The number of hydrogen-bond donors (Lipinski definition) is 2. The van der Waals surface area contributed by atoms with Gasteiger partial charge in [0, 0.05) is 11.1 Å². The molecule has 4 rings (SSSR count). The molecule has 0 saturated carbocycles. The van der Waals surface area contributed by atoms with Crippen LogP contribution in [0.1, 0.15) is 49.8 Å². The number of nitrogens with zero attached hydrogens (tertiary/aromatic N) is 2. The molecular weight excluding hydrogens is 364 g/mol. The van der Waals surface area contributed by atoms with Crippen molar-refractivity contribution in [2.75, 3.05) is 12.4 Å². The normalized spacial score (nSPS) is 13.4. The van der Waals surface area contributed by atoms with E-state index in [1.165, 1.54) is 11.3 Å². The highest BCUT2D eigenvalue weighted by Gasteiger charge is 2.26. The van der Waals surface area contributed by atoms with Crippen LogP contribution in [0.25, 0.3) is 5.65 Å². The average Bonchev–Trinajstić information content (AvgIpc) is 3.17. The topological polar surface area (TPSA) is 98.7 Å². The third-order valence-electron chi connectivity index (χ3n) is 4.87. The summed E-state index contributed by atoms with van der Waals surface area (Å²) >= 11 is 1.45. The number of pyridine rings is 1. The summed E-state index contributed by atoms with van der Waals surface area (Å²) in [6.07, 6.45) is 5.63. The second kappa shape index (κ2) is 6.70. The summed E-state index contributed by atoms with van der Waals surface area (Å²) in [5.74, 6) is -0.236. The number of nitrogens with two attached hydrogens (primary N) is 1. The zero-order valence-electron chi connectivity index (χ0n) is 15.2. The van der Waals surface area contributed by atoms with Crippen LogP contribution in [0.3, 0.4) is 0 Å². The molecule has 0 atom stereocenters. The van der Waals surface area contributed by atoms with Gasteiger partial charge in [-0.2, -0.15) is 0 Å². The van der Waals surface area contributed by atoms with Crippen LogP contribution in [0, 0.1) is 6.92 Å². The SMILES string of the molecule is COc1cccn2c(C(=O)Nc3sc4c(c3C(N)=O)CCCC4)c(C)nc12. The largest absolute Gasteiger partial charge is 0.493 e. The van der Waals surface area contributed by atoms with Crippen molar-refractivity contribution < 1.29 is 14.3 Å². The van der Waals surface area contributed by atoms with E-state index in [2.05, 4.69) is 10.3 Å². The van der Waals surface area contributed by atoms with Crippen LogP contribution in [0.4, 0.5) is 5.00 Å². The lowest BCUT2D eigenvalue weighted by Gasteiger charge is -2.11. The molecule has 140 valence electrons. The van der Waals surface area contributed by atoms with Gasteiger partial charge in [-0.15, -0.1) is 11.3 Å². The van der Waals surface area contributed by atoms with Crippen LogP contribution in [-0.4, -0.2) is 28.3 Å². The van der Waals surface area contributed by atoms with Crippen molar-refractivity contribution in [3.05, 3.63) is 45.7 Å². The summed E-state index contributed by atoms with van der Waals surface area (Å²) in [4.78, 5) is 30.7. The lowest BCUT2D eigenvalue weighted by atomic mass is 9.95. The fourth-order valence-corrected chi connectivity index (χ4v) is 4.96. The summed E-state index contributed by atoms with van der Waals surface area (Å²) in [5, 5.41) is 3.42. The molecule has 3 aromatic rings. The minimum Gasteiger partial charge on any atom is -0.493 e. The summed E-state index contributed by atoms with van der Waals surface area (Å²) < 4.78 is 7.02. The van der Waals surface area contributed by atoms with Gasteiger partial charge in [-0.25, -0.2) is 4.98 Å². The molecule has 0 radical (unpaired) electrons. The molecule has 2 amide bonds. The van der Waals surface area contributed by atoms with Crippen LogP contribution >= 0.6 is 11.3 Å². The zero-order valence-corrected chi connectivity index (χ0v) is 16.0. The number of primary amides is 1. The number of imidazole rings is 1. The highest BCUT2D eigenvalue weighted by atomic mass is 32.1. The Balaban J connectivity index is 1.76. The molecule has 3 aromatic heterocycles. The number of ether oxygens (including phenoxy) is 1. The Morgan fingerprint density at radius 2 is 2.11 bits per heavy atom. The van der Waals surface area contributed by atoms with Crippen molar-refractivity contribution in [3.63, 3.8) is 0 Å². The van der Waals surface area contributed by atoms with Crippen LogP contribution < -0.4 is 15.8 Å². The van der Waals surface area contributed by atoms with Crippen molar-refractivity contribution in [1.29, 1.82) is 0 Å². The number of amides is 2. The van der Waals surface area contributed by atoms with Crippen LogP contribution in [0.15, 0.2) is 18.3 Å². The summed E-state index contributed by atoms with van der Waals surface area (Å²) in [5.41, 5.74) is 8.62. The van der Waals surface area contributed by atoms with Gasteiger partial charge >= 0.3 is 0 Å². The number of methoxy groups -OCH3 is 1. The predicted molar refractivity (Wildman–Crippen MR) is 104 cm³/mol. The smallest absolute Gasteiger partial charge is 0.275 e. The number of anilines is 1. The molecule has 0 aliphatic heterocycles. The van der Waals surface area contributed by atoms with E-state index in [-0.39, 0.29) is 5.91 Å². The molecule has 3 heterocycles.